The molecule has 2 aromatic rings. The molecule has 5 nitrogen and oxygen atoms in total. The summed E-state index contributed by atoms with van der Waals surface area (Å²) in [6.07, 6.45) is 6.90. The maximum Gasteiger partial charge on any atom is 0.330 e. The lowest BCUT2D eigenvalue weighted by Gasteiger charge is -2.15. The predicted molar refractivity (Wildman–Crippen MR) is 107 cm³/mol. The molecule has 2 aromatic heterocycles. The van der Waals surface area contributed by atoms with E-state index in [1.165, 1.54) is 6.08 Å². The SMILES string of the molecule is CCOC(=O)/C=C/c1cn(COCC[Si](C)(C)C)c2nccc(Br)c12. The molecule has 136 valence electrons. The highest BCUT2D eigenvalue weighted by atomic mass is 79.9. The number of carbonyl (C=O) groups is 1. The number of hydrogen-bond donors (Lipinski definition) is 0. The van der Waals surface area contributed by atoms with Crippen molar-refractivity contribution in [3.05, 3.63) is 34.6 Å². The number of ether oxygens (including phenoxy) is 2. The first-order valence-corrected chi connectivity index (χ1v) is 12.9. The fourth-order valence-corrected chi connectivity index (χ4v) is 3.60. The number of hydrogen-bond acceptors (Lipinski definition) is 4. The number of fused-ring (bicyclic) bond motifs is 1. The van der Waals surface area contributed by atoms with Crippen LogP contribution in [0.3, 0.4) is 0 Å². The summed E-state index contributed by atoms with van der Waals surface area (Å²) in [6, 6.07) is 3.01. The summed E-state index contributed by atoms with van der Waals surface area (Å²) in [5, 5.41) is 0.955. The average Bonchev–Trinajstić information content (AvgIpc) is 2.88. The van der Waals surface area contributed by atoms with E-state index in [1.54, 1.807) is 19.2 Å². The van der Waals surface area contributed by atoms with Gasteiger partial charge in [-0.05, 0) is 41.0 Å². The third-order valence-corrected chi connectivity index (χ3v) is 6.01. The van der Waals surface area contributed by atoms with Crippen LogP contribution in [-0.2, 0) is 21.0 Å². The third kappa shape index (κ3) is 5.80. The molecule has 0 amide bonds. The van der Waals surface area contributed by atoms with Gasteiger partial charge in [-0.3, -0.25) is 0 Å². The first-order chi connectivity index (χ1) is 11.8. The normalized spacial score (nSPS) is 12.2. The zero-order chi connectivity index (χ0) is 18.4. The van der Waals surface area contributed by atoms with E-state index in [9.17, 15) is 4.79 Å². The number of nitrogens with zero attached hydrogens (tertiary/aromatic N) is 2. The zero-order valence-electron chi connectivity index (χ0n) is 15.2. The van der Waals surface area contributed by atoms with Crippen LogP contribution in [0, 0.1) is 0 Å². The van der Waals surface area contributed by atoms with Gasteiger partial charge in [-0.1, -0.05) is 19.6 Å². The maximum atomic E-state index is 11.6. The molecule has 0 spiro atoms. The van der Waals surface area contributed by atoms with Crippen LogP contribution in [0.2, 0.25) is 25.7 Å². The van der Waals surface area contributed by atoms with E-state index < -0.39 is 8.07 Å². The average molecular weight is 425 g/mol. The van der Waals surface area contributed by atoms with Crippen molar-refractivity contribution in [1.29, 1.82) is 0 Å². The van der Waals surface area contributed by atoms with E-state index in [0.717, 1.165) is 33.7 Å². The zero-order valence-corrected chi connectivity index (χ0v) is 17.8. The van der Waals surface area contributed by atoms with Crippen LogP contribution in [0.15, 0.2) is 29.0 Å². The molecule has 0 radical (unpaired) electrons. The monoisotopic (exact) mass is 424 g/mol. The molecule has 0 aliphatic rings. The number of esters is 1. The lowest BCUT2D eigenvalue weighted by Crippen LogP contribution is -2.22. The minimum absolute atomic E-state index is 0.352. The standard InChI is InChI=1S/C18H25BrN2O3Si/c1-5-24-16(22)7-6-14-12-21(13-23-10-11-25(2,3)4)18-17(14)15(19)8-9-20-18/h6-9,12H,5,10-11,13H2,1-4H3/b7-6+. The highest BCUT2D eigenvalue weighted by Gasteiger charge is 2.14. The van der Waals surface area contributed by atoms with Crippen molar-refractivity contribution in [3.63, 3.8) is 0 Å². The molecule has 0 saturated heterocycles. The molecular formula is C18H25BrN2O3Si. The largest absolute Gasteiger partial charge is 0.463 e. The van der Waals surface area contributed by atoms with Crippen LogP contribution in [0.4, 0.5) is 0 Å². The van der Waals surface area contributed by atoms with Gasteiger partial charge in [0.25, 0.3) is 0 Å². The summed E-state index contributed by atoms with van der Waals surface area (Å²) < 4.78 is 13.7. The van der Waals surface area contributed by atoms with Gasteiger partial charge in [-0.2, -0.15) is 0 Å². The Morgan fingerprint density at radius 3 is 2.84 bits per heavy atom. The molecule has 0 bridgehead atoms. The topological polar surface area (TPSA) is 53.4 Å². The van der Waals surface area contributed by atoms with Crippen molar-refractivity contribution in [2.75, 3.05) is 13.2 Å². The van der Waals surface area contributed by atoms with E-state index >= 15 is 0 Å². The first kappa shape index (κ1) is 19.9. The molecule has 25 heavy (non-hydrogen) atoms. The summed E-state index contributed by atoms with van der Waals surface area (Å²) >= 11 is 3.57. The second-order valence-corrected chi connectivity index (χ2v) is 13.5. The molecule has 0 unspecified atom stereocenters. The Morgan fingerprint density at radius 2 is 2.16 bits per heavy atom. The van der Waals surface area contributed by atoms with Crippen LogP contribution in [0.25, 0.3) is 17.1 Å². The minimum atomic E-state index is -1.11. The van der Waals surface area contributed by atoms with Gasteiger partial charge in [0.05, 0.1) is 6.61 Å². The van der Waals surface area contributed by atoms with Gasteiger partial charge in [0.2, 0.25) is 0 Å². The van der Waals surface area contributed by atoms with Crippen molar-refractivity contribution < 1.29 is 14.3 Å². The molecule has 2 rings (SSSR count). The van der Waals surface area contributed by atoms with Crippen molar-refractivity contribution in [3.8, 4) is 0 Å². The molecule has 0 aromatic carbocycles. The molecule has 0 aliphatic carbocycles. The molecule has 0 saturated carbocycles. The Balaban J connectivity index is 2.21. The smallest absolute Gasteiger partial charge is 0.330 e. The molecule has 0 fully saturated rings. The Kier molecular flexibility index (Phi) is 6.98. The van der Waals surface area contributed by atoms with E-state index in [1.807, 2.05) is 16.8 Å². The van der Waals surface area contributed by atoms with Gasteiger partial charge in [0.15, 0.2) is 0 Å². The summed E-state index contributed by atoms with van der Waals surface area (Å²) in [5.41, 5.74) is 1.72. The minimum Gasteiger partial charge on any atom is -0.463 e. The number of pyridine rings is 1. The van der Waals surface area contributed by atoms with Gasteiger partial charge in [0.1, 0.15) is 12.4 Å². The lowest BCUT2D eigenvalue weighted by atomic mass is 10.2. The van der Waals surface area contributed by atoms with Gasteiger partial charge in [-0.25, -0.2) is 9.78 Å². The molecule has 7 heteroatoms. The van der Waals surface area contributed by atoms with Gasteiger partial charge in [-0.15, -0.1) is 0 Å². The van der Waals surface area contributed by atoms with E-state index in [2.05, 4.69) is 40.6 Å². The maximum absolute atomic E-state index is 11.6. The van der Waals surface area contributed by atoms with Gasteiger partial charge in [0, 0.05) is 48.6 Å². The van der Waals surface area contributed by atoms with Gasteiger partial charge < -0.3 is 14.0 Å². The Hall–Kier alpha value is -1.44. The Labute approximate surface area is 158 Å². The quantitative estimate of drug-likeness (QED) is 0.267. The van der Waals surface area contributed by atoms with E-state index in [-0.39, 0.29) is 5.97 Å². The predicted octanol–water partition coefficient (Wildman–Crippen LogP) is 4.69. The fourth-order valence-electron chi connectivity index (χ4n) is 2.32. The summed E-state index contributed by atoms with van der Waals surface area (Å²) in [4.78, 5) is 16.1. The first-order valence-electron chi connectivity index (χ1n) is 8.38. The number of rotatable bonds is 8. The summed E-state index contributed by atoms with van der Waals surface area (Å²) in [6.45, 7) is 10.3. The van der Waals surface area contributed by atoms with Gasteiger partial charge >= 0.3 is 5.97 Å². The number of carbonyl (C=O) groups excluding carboxylic acids is 1. The lowest BCUT2D eigenvalue weighted by molar-refractivity contribution is -0.137. The van der Waals surface area contributed by atoms with Crippen molar-refractivity contribution in [2.24, 2.45) is 0 Å². The molecule has 0 N–H and O–H groups in total. The van der Waals surface area contributed by atoms with Crippen LogP contribution < -0.4 is 0 Å². The highest BCUT2D eigenvalue weighted by molar-refractivity contribution is 9.10. The van der Waals surface area contributed by atoms with Crippen LogP contribution in [-0.4, -0.2) is 36.8 Å². The summed E-state index contributed by atoms with van der Waals surface area (Å²) in [5.74, 6) is -0.352. The van der Waals surface area contributed by atoms with Crippen LogP contribution in [0.5, 0.6) is 0 Å². The molecule has 0 aliphatic heterocycles. The van der Waals surface area contributed by atoms with Crippen molar-refractivity contribution >= 4 is 47.1 Å². The number of aromatic nitrogens is 2. The van der Waals surface area contributed by atoms with Crippen LogP contribution in [0.1, 0.15) is 12.5 Å². The number of halogens is 1. The molecule has 0 atom stereocenters. The highest BCUT2D eigenvalue weighted by Crippen LogP contribution is 2.28. The Morgan fingerprint density at radius 1 is 1.40 bits per heavy atom. The van der Waals surface area contributed by atoms with Crippen molar-refractivity contribution in [2.45, 2.75) is 39.3 Å². The second-order valence-electron chi connectivity index (χ2n) is 6.98. The van der Waals surface area contributed by atoms with Crippen molar-refractivity contribution in [1.82, 2.24) is 9.55 Å². The summed E-state index contributed by atoms with van der Waals surface area (Å²) in [7, 11) is -1.11. The van der Waals surface area contributed by atoms with E-state index in [0.29, 0.717) is 13.3 Å². The second kappa shape index (κ2) is 8.78. The fraction of sp³-hybridized carbons (Fsp3) is 0.444. The Bertz CT molecular complexity index is 766. The molecular weight excluding hydrogens is 400 g/mol. The third-order valence-electron chi connectivity index (χ3n) is 3.65. The molecule has 2 heterocycles. The van der Waals surface area contributed by atoms with Crippen LogP contribution >= 0.6 is 15.9 Å². The van der Waals surface area contributed by atoms with E-state index in [4.69, 9.17) is 9.47 Å².